The minimum Gasteiger partial charge on any atom is -0.330 e. The second-order valence-corrected chi connectivity index (χ2v) is 6.19. The lowest BCUT2D eigenvalue weighted by Gasteiger charge is -2.33. The van der Waals surface area contributed by atoms with E-state index in [2.05, 4.69) is 38.1 Å². The Morgan fingerprint density at radius 1 is 1.29 bits per heavy atom. The van der Waals surface area contributed by atoms with Gasteiger partial charge in [-0.25, -0.2) is 0 Å². The molecule has 0 saturated carbocycles. The highest BCUT2D eigenvalue weighted by Gasteiger charge is 2.26. The van der Waals surface area contributed by atoms with E-state index in [0.717, 1.165) is 18.9 Å². The average molecular weight is 231 g/mol. The van der Waals surface area contributed by atoms with Crippen LogP contribution in [0, 0.1) is 5.41 Å². The highest BCUT2D eigenvalue weighted by atomic mass is 14.5. The van der Waals surface area contributed by atoms with Crippen LogP contribution in [0.25, 0.3) is 0 Å². The molecule has 1 aromatic carbocycles. The van der Waals surface area contributed by atoms with Crippen molar-refractivity contribution in [2.75, 3.05) is 6.54 Å². The van der Waals surface area contributed by atoms with E-state index in [-0.39, 0.29) is 0 Å². The Bertz CT molecular complexity index is 368. The summed E-state index contributed by atoms with van der Waals surface area (Å²) in [5.41, 5.74) is 9.27. The molecule has 1 heteroatoms. The summed E-state index contributed by atoms with van der Waals surface area (Å²) in [7, 11) is 0. The second-order valence-electron chi connectivity index (χ2n) is 6.19. The summed E-state index contributed by atoms with van der Waals surface area (Å²) in [6.07, 6.45) is 6.38. The second kappa shape index (κ2) is 5.22. The van der Waals surface area contributed by atoms with E-state index in [1.807, 2.05) is 0 Å². The number of rotatable bonds is 4. The van der Waals surface area contributed by atoms with Crippen LogP contribution in [-0.2, 0) is 6.42 Å². The van der Waals surface area contributed by atoms with Crippen molar-refractivity contribution in [3.05, 3.63) is 35.4 Å². The van der Waals surface area contributed by atoms with E-state index in [1.165, 1.54) is 25.7 Å². The fraction of sp³-hybridized carbons (Fsp3) is 0.625. The molecule has 0 aliphatic heterocycles. The predicted octanol–water partition coefficient (Wildman–Crippen LogP) is 3.87. The Hall–Kier alpha value is -0.820. The minimum absolute atomic E-state index is 0.379. The van der Waals surface area contributed by atoms with E-state index >= 15 is 0 Å². The largest absolute Gasteiger partial charge is 0.330 e. The van der Waals surface area contributed by atoms with E-state index in [9.17, 15) is 0 Å². The summed E-state index contributed by atoms with van der Waals surface area (Å²) in [5, 5.41) is 0. The molecule has 1 atom stereocenters. The zero-order valence-corrected chi connectivity index (χ0v) is 11.2. The molecule has 2 N–H and O–H groups in total. The lowest BCUT2D eigenvalue weighted by atomic mass is 9.72. The van der Waals surface area contributed by atoms with Gasteiger partial charge in [0, 0.05) is 0 Å². The van der Waals surface area contributed by atoms with Gasteiger partial charge in [0.15, 0.2) is 0 Å². The Balaban J connectivity index is 2.13. The Morgan fingerprint density at radius 2 is 2.06 bits per heavy atom. The summed E-state index contributed by atoms with van der Waals surface area (Å²) >= 11 is 0. The fourth-order valence-electron chi connectivity index (χ4n) is 3.23. The maximum absolute atomic E-state index is 5.71. The molecule has 0 saturated heterocycles. The van der Waals surface area contributed by atoms with Crippen molar-refractivity contribution in [3.8, 4) is 0 Å². The van der Waals surface area contributed by atoms with E-state index in [0.29, 0.717) is 5.41 Å². The summed E-state index contributed by atoms with van der Waals surface area (Å²) in [5.74, 6) is 0.751. The lowest BCUT2D eigenvalue weighted by molar-refractivity contribution is 0.273. The smallest absolute Gasteiger partial charge is 0.00722 e. The van der Waals surface area contributed by atoms with Gasteiger partial charge in [-0.15, -0.1) is 0 Å². The van der Waals surface area contributed by atoms with Crippen LogP contribution in [0.3, 0.4) is 0 Å². The van der Waals surface area contributed by atoms with Gasteiger partial charge in [0.05, 0.1) is 0 Å². The maximum atomic E-state index is 5.71. The van der Waals surface area contributed by atoms with Crippen molar-refractivity contribution in [2.24, 2.45) is 11.1 Å². The van der Waals surface area contributed by atoms with Gasteiger partial charge in [0.1, 0.15) is 0 Å². The Labute approximate surface area is 105 Å². The third kappa shape index (κ3) is 3.10. The molecule has 2 rings (SSSR count). The van der Waals surface area contributed by atoms with Gasteiger partial charge < -0.3 is 5.73 Å². The third-order valence-electron chi connectivity index (χ3n) is 4.11. The molecule has 94 valence electrons. The van der Waals surface area contributed by atoms with Gasteiger partial charge in [0.25, 0.3) is 0 Å². The summed E-state index contributed by atoms with van der Waals surface area (Å²) in [6, 6.07) is 8.99. The first-order chi connectivity index (χ1) is 8.12. The molecule has 0 amide bonds. The molecule has 0 aromatic heterocycles. The number of nitrogens with two attached hydrogens (primary N) is 1. The van der Waals surface area contributed by atoms with Gasteiger partial charge in [0.2, 0.25) is 0 Å². The van der Waals surface area contributed by atoms with Crippen molar-refractivity contribution >= 4 is 0 Å². The highest BCUT2D eigenvalue weighted by molar-refractivity contribution is 5.32. The first-order valence-corrected chi connectivity index (χ1v) is 6.90. The zero-order valence-electron chi connectivity index (χ0n) is 11.2. The number of hydrogen-bond acceptors (Lipinski definition) is 1. The van der Waals surface area contributed by atoms with Crippen LogP contribution >= 0.6 is 0 Å². The van der Waals surface area contributed by atoms with Crippen LogP contribution in [-0.4, -0.2) is 6.54 Å². The topological polar surface area (TPSA) is 26.0 Å². The van der Waals surface area contributed by atoms with Gasteiger partial charge in [-0.2, -0.15) is 0 Å². The number of benzene rings is 1. The Morgan fingerprint density at radius 3 is 2.82 bits per heavy atom. The summed E-state index contributed by atoms with van der Waals surface area (Å²) in [4.78, 5) is 0. The summed E-state index contributed by atoms with van der Waals surface area (Å²) < 4.78 is 0. The molecular weight excluding hydrogens is 206 g/mol. The fourth-order valence-corrected chi connectivity index (χ4v) is 3.23. The van der Waals surface area contributed by atoms with Crippen LogP contribution in [0.2, 0.25) is 0 Å². The molecule has 0 fully saturated rings. The normalized spacial score (nSPS) is 20.1. The quantitative estimate of drug-likeness (QED) is 0.836. The first-order valence-electron chi connectivity index (χ1n) is 6.90. The van der Waals surface area contributed by atoms with E-state index < -0.39 is 0 Å². The Kier molecular flexibility index (Phi) is 3.88. The highest BCUT2D eigenvalue weighted by Crippen LogP contribution is 2.40. The molecule has 1 aromatic rings. The molecule has 1 aliphatic carbocycles. The van der Waals surface area contributed by atoms with Crippen molar-refractivity contribution in [1.29, 1.82) is 0 Å². The molecule has 0 radical (unpaired) electrons. The SMILES string of the molecule is CC(C)(CCN)CC1CCCc2ccccc21. The van der Waals surface area contributed by atoms with Crippen molar-refractivity contribution in [3.63, 3.8) is 0 Å². The zero-order chi connectivity index (χ0) is 12.3. The average Bonchev–Trinajstić information content (AvgIpc) is 2.29. The first kappa shape index (κ1) is 12.6. The molecule has 17 heavy (non-hydrogen) atoms. The van der Waals surface area contributed by atoms with Crippen molar-refractivity contribution in [2.45, 2.75) is 51.9 Å². The summed E-state index contributed by atoms with van der Waals surface area (Å²) in [6.45, 7) is 5.52. The van der Waals surface area contributed by atoms with Crippen LogP contribution in [0.15, 0.2) is 24.3 Å². The van der Waals surface area contributed by atoms with Gasteiger partial charge in [-0.1, -0.05) is 38.1 Å². The standard InChI is InChI=1S/C16H25N/c1-16(2,10-11-17)12-14-8-5-7-13-6-3-4-9-15(13)14/h3-4,6,9,14H,5,7-8,10-12,17H2,1-2H3. The predicted molar refractivity (Wildman–Crippen MR) is 74.2 cm³/mol. The molecule has 1 aliphatic rings. The van der Waals surface area contributed by atoms with Crippen LogP contribution < -0.4 is 5.73 Å². The number of aryl methyl sites for hydroxylation is 1. The third-order valence-corrected chi connectivity index (χ3v) is 4.11. The van der Waals surface area contributed by atoms with E-state index in [1.54, 1.807) is 11.1 Å². The lowest BCUT2D eigenvalue weighted by Crippen LogP contribution is -2.22. The van der Waals surface area contributed by atoms with Crippen molar-refractivity contribution in [1.82, 2.24) is 0 Å². The van der Waals surface area contributed by atoms with Gasteiger partial charge in [-0.05, 0) is 61.1 Å². The van der Waals surface area contributed by atoms with Crippen LogP contribution in [0.1, 0.15) is 56.6 Å². The minimum atomic E-state index is 0.379. The van der Waals surface area contributed by atoms with Gasteiger partial charge in [-0.3, -0.25) is 0 Å². The monoisotopic (exact) mass is 231 g/mol. The van der Waals surface area contributed by atoms with E-state index in [4.69, 9.17) is 5.73 Å². The number of fused-ring (bicyclic) bond motifs is 1. The molecule has 0 spiro atoms. The maximum Gasteiger partial charge on any atom is -0.00722 e. The van der Waals surface area contributed by atoms with Crippen LogP contribution in [0.4, 0.5) is 0 Å². The molecule has 1 nitrogen and oxygen atoms in total. The molecule has 0 heterocycles. The molecule has 0 bridgehead atoms. The number of hydrogen-bond donors (Lipinski definition) is 1. The van der Waals surface area contributed by atoms with Gasteiger partial charge >= 0.3 is 0 Å². The van der Waals surface area contributed by atoms with Crippen LogP contribution in [0.5, 0.6) is 0 Å². The molecule has 1 unspecified atom stereocenters. The molecular formula is C16H25N. The van der Waals surface area contributed by atoms with Crippen molar-refractivity contribution < 1.29 is 0 Å².